The van der Waals surface area contributed by atoms with Crippen LogP contribution in [-0.4, -0.2) is 28.5 Å². The van der Waals surface area contributed by atoms with Crippen molar-refractivity contribution in [3.8, 4) is 17.3 Å². The van der Waals surface area contributed by atoms with Gasteiger partial charge >= 0.3 is 0 Å². The predicted molar refractivity (Wildman–Crippen MR) is 107 cm³/mol. The maximum atomic E-state index is 8.97. The summed E-state index contributed by atoms with van der Waals surface area (Å²) < 4.78 is 1.99. The molecule has 0 atom stereocenters. The Kier molecular flexibility index (Phi) is 4.19. The highest BCUT2D eigenvalue weighted by Gasteiger charge is 2.11. The first-order valence-electron chi connectivity index (χ1n) is 8.53. The minimum Gasteiger partial charge on any atom is -0.378 e. The Bertz CT molecular complexity index is 1140. The van der Waals surface area contributed by atoms with Crippen LogP contribution in [-0.2, 0) is 0 Å². The molecule has 0 aliphatic carbocycles. The second kappa shape index (κ2) is 6.81. The summed E-state index contributed by atoms with van der Waals surface area (Å²) in [6.07, 6.45) is 5.46. The minimum atomic E-state index is 0.636. The number of nitriles is 1. The molecule has 0 spiro atoms. The average Bonchev–Trinajstić information content (AvgIpc) is 3.13. The van der Waals surface area contributed by atoms with Gasteiger partial charge in [0.2, 0.25) is 0 Å². The molecule has 1 N–H and O–H groups in total. The molecule has 4 rings (SSSR count). The molecular weight excluding hydrogens is 336 g/mol. The van der Waals surface area contributed by atoms with E-state index >= 15 is 0 Å². The third kappa shape index (κ3) is 3.18. The molecule has 2 aromatic heterocycles. The SMILES string of the molecule is CN(C)c1cccc(Nc2nccn3c(-c4ccc(C#N)cc4)cnc23)c1. The number of anilines is 3. The molecule has 0 saturated carbocycles. The lowest BCUT2D eigenvalue weighted by molar-refractivity contribution is 1.12. The van der Waals surface area contributed by atoms with Crippen LogP contribution in [0.5, 0.6) is 0 Å². The zero-order valence-electron chi connectivity index (χ0n) is 15.1. The van der Waals surface area contributed by atoms with E-state index in [1.165, 1.54) is 0 Å². The number of imidazole rings is 1. The molecule has 6 heteroatoms. The molecule has 132 valence electrons. The quantitative estimate of drug-likeness (QED) is 0.598. The van der Waals surface area contributed by atoms with Gasteiger partial charge in [0, 0.05) is 43.4 Å². The van der Waals surface area contributed by atoms with Crippen molar-refractivity contribution in [3.05, 3.63) is 72.7 Å². The van der Waals surface area contributed by atoms with Gasteiger partial charge in [-0.2, -0.15) is 5.26 Å². The number of rotatable bonds is 4. The third-order valence-corrected chi connectivity index (χ3v) is 4.36. The monoisotopic (exact) mass is 354 g/mol. The smallest absolute Gasteiger partial charge is 0.180 e. The largest absolute Gasteiger partial charge is 0.378 e. The van der Waals surface area contributed by atoms with E-state index in [9.17, 15) is 0 Å². The van der Waals surface area contributed by atoms with E-state index in [1.807, 2.05) is 67.3 Å². The summed E-state index contributed by atoms with van der Waals surface area (Å²) in [6, 6.07) is 17.7. The zero-order valence-corrected chi connectivity index (χ0v) is 15.1. The van der Waals surface area contributed by atoms with Crippen molar-refractivity contribution in [1.82, 2.24) is 14.4 Å². The highest BCUT2D eigenvalue weighted by atomic mass is 15.1. The van der Waals surface area contributed by atoms with Gasteiger partial charge in [-0.1, -0.05) is 18.2 Å². The third-order valence-electron chi connectivity index (χ3n) is 4.36. The van der Waals surface area contributed by atoms with Gasteiger partial charge in [0.05, 0.1) is 23.5 Å². The highest BCUT2D eigenvalue weighted by Crippen LogP contribution is 2.26. The van der Waals surface area contributed by atoms with Crippen LogP contribution in [0.3, 0.4) is 0 Å². The number of hydrogen-bond acceptors (Lipinski definition) is 5. The van der Waals surface area contributed by atoms with Gasteiger partial charge in [0.15, 0.2) is 11.5 Å². The van der Waals surface area contributed by atoms with Crippen molar-refractivity contribution in [3.63, 3.8) is 0 Å². The van der Waals surface area contributed by atoms with E-state index in [4.69, 9.17) is 5.26 Å². The maximum absolute atomic E-state index is 8.97. The van der Waals surface area contributed by atoms with Crippen molar-refractivity contribution in [2.24, 2.45) is 0 Å². The average molecular weight is 354 g/mol. The van der Waals surface area contributed by atoms with E-state index in [-0.39, 0.29) is 0 Å². The van der Waals surface area contributed by atoms with Crippen LogP contribution in [0.2, 0.25) is 0 Å². The summed E-state index contributed by atoms with van der Waals surface area (Å²) in [5.41, 5.74) is 5.37. The molecule has 0 fully saturated rings. The Morgan fingerprint density at radius 3 is 2.63 bits per heavy atom. The molecule has 0 unspecified atom stereocenters. The van der Waals surface area contributed by atoms with Crippen molar-refractivity contribution in [2.45, 2.75) is 0 Å². The fourth-order valence-corrected chi connectivity index (χ4v) is 2.94. The van der Waals surface area contributed by atoms with Crippen molar-refractivity contribution >= 4 is 22.8 Å². The van der Waals surface area contributed by atoms with E-state index in [0.29, 0.717) is 11.4 Å². The molecule has 0 radical (unpaired) electrons. The molecule has 2 aromatic carbocycles. The van der Waals surface area contributed by atoms with Gasteiger partial charge in [-0.15, -0.1) is 0 Å². The number of nitrogens with zero attached hydrogens (tertiary/aromatic N) is 5. The zero-order chi connectivity index (χ0) is 18.8. The molecule has 4 aromatic rings. The van der Waals surface area contributed by atoms with Crippen LogP contribution in [0.4, 0.5) is 17.2 Å². The highest BCUT2D eigenvalue weighted by molar-refractivity contribution is 5.75. The van der Waals surface area contributed by atoms with Crippen molar-refractivity contribution < 1.29 is 0 Å². The van der Waals surface area contributed by atoms with Gasteiger partial charge in [-0.3, -0.25) is 4.40 Å². The van der Waals surface area contributed by atoms with E-state index in [1.54, 1.807) is 6.20 Å². The summed E-state index contributed by atoms with van der Waals surface area (Å²) >= 11 is 0. The van der Waals surface area contributed by atoms with Crippen molar-refractivity contribution in [1.29, 1.82) is 5.26 Å². The normalized spacial score (nSPS) is 10.6. The van der Waals surface area contributed by atoms with Gasteiger partial charge in [-0.05, 0) is 30.3 Å². The predicted octanol–water partition coefficient (Wildman–Crippen LogP) is 4.08. The molecule has 0 saturated heterocycles. The summed E-state index contributed by atoms with van der Waals surface area (Å²) in [4.78, 5) is 11.1. The fraction of sp³-hybridized carbons (Fsp3) is 0.0952. The van der Waals surface area contributed by atoms with E-state index < -0.39 is 0 Å². The minimum absolute atomic E-state index is 0.636. The maximum Gasteiger partial charge on any atom is 0.180 e. The summed E-state index contributed by atoms with van der Waals surface area (Å²) in [5, 5.41) is 12.3. The Hall–Kier alpha value is -3.85. The van der Waals surface area contributed by atoms with Crippen LogP contribution in [0, 0.1) is 11.3 Å². The molecular formula is C21H18N6. The van der Waals surface area contributed by atoms with Gasteiger partial charge < -0.3 is 10.2 Å². The Labute approximate surface area is 157 Å². The summed E-state index contributed by atoms with van der Waals surface area (Å²) in [7, 11) is 4.02. The second-order valence-corrected chi connectivity index (χ2v) is 6.37. The van der Waals surface area contributed by atoms with Gasteiger partial charge in [-0.25, -0.2) is 9.97 Å². The fourth-order valence-electron chi connectivity index (χ4n) is 2.94. The number of hydrogen-bond donors (Lipinski definition) is 1. The molecule has 27 heavy (non-hydrogen) atoms. The van der Waals surface area contributed by atoms with E-state index in [0.717, 1.165) is 28.3 Å². The molecule has 0 amide bonds. The molecule has 0 aliphatic rings. The van der Waals surface area contributed by atoms with Crippen LogP contribution < -0.4 is 10.2 Å². The lowest BCUT2D eigenvalue weighted by atomic mass is 10.1. The Morgan fingerprint density at radius 1 is 1.07 bits per heavy atom. The first-order valence-corrected chi connectivity index (χ1v) is 8.53. The van der Waals surface area contributed by atoms with Gasteiger partial charge in [0.1, 0.15) is 0 Å². The lowest BCUT2D eigenvalue weighted by Gasteiger charge is -2.14. The molecule has 2 heterocycles. The Morgan fingerprint density at radius 2 is 1.89 bits per heavy atom. The van der Waals surface area contributed by atoms with Crippen LogP contribution in [0.15, 0.2) is 67.1 Å². The molecule has 6 nitrogen and oxygen atoms in total. The van der Waals surface area contributed by atoms with Crippen molar-refractivity contribution in [2.75, 3.05) is 24.3 Å². The number of fused-ring (bicyclic) bond motifs is 1. The van der Waals surface area contributed by atoms with Crippen LogP contribution >= 0.6 is 0 Å². The van der Waals surface area contributed by atoms with Gasteiger partial charge in [0.25, 0.3) is 0 Å². The first kappa shape index (κ1) is 16.6. The number of nitrogens with one attached hydrogen (secondary N) is 1. The lowest BCUT2D eigenvalue weighted by Crippen LogP contribution is -2.08. The summed E-state index contributed by atoms with van der Waals surface area (Å²) in [6.45, 7) is 0. The van der Waals surface area contributed by atoms with Crippen LogP contribution in [0.1, 0.15) is 5.56 Å². The topological polar surface area (TPSA) is 69.2 Å². The molecule has 0 aliphatic heterocycles. The standard InChI is InChI=1S/C21H18N6/c1-26(2)18-5-3-4-17(12-18)25-20-21-24-14-19(27(21)11-10-23-20)16-8-6-15(13-22)7-9-16/h3-12,14H,1-2H3,(H,23,25). The number of aromatic nitrogens is 3. The first-order chi connectivity index (χ1) is 13.2. The summed E-state index contributed by atoms with van der Waals surface area (Å²) in [5.74, 6) is 0.688. The van der Waals surface area contributed by atoms with E-state index in [2.05, 4.69) is 38.4 Å². The van der Waals surface area contributed by atoms with Crippen LogP contribution in [0.25, 0.3) is 16.9 Å². The Balaban J connectivity index is 1.72. The number of benzene rings is 2. The second-order valence-electron chi connectivity index (χ2n) is 6.37. The molecule has 0 bridgehead atoms.